The Labute approximate surface area is 75.9 Å². The van der Waals surface area contributed by atoms with E-state index in [1.165, 1.54) is 0 Å². The van der Waals surface area contributed by atoms with Gasteiger partial charge in [0.2, 0.25) is 0 Å². The first-order valence-electron chi connectivity index (χ1n) is 3.55. The van der Waals surface area contributed by atoms with Crippen LogP contribution >= 0.6 is 12.2 Å². The molecule has 0 aliphatic rings. The molecule has 0 aliphatic carbocycles. The second-order valence-electron chi connectivity index (χ2n) is 2.17. The maximum absolute atomic E-state index is 5.06. The molecule has 0 fully saturated rings. The summed E-state index contributed by atoms with van der Waals surface area (Å²) in [6.45, 7) is 1.49. The monoisotopic (exact) mass is 185 g/mol. The van der Waals surface area contributed by atoms with E-state index in [1.54, 1.807) is 6.20 Å². The number of rotatable bonds is 3. The minimum Gasteiger partial charge on any atom is -0.360 e. The summed E-state index contributed by atoms with van der Waals surface area (Å²) in [6.07, 6.45) is 3.63. The maximum atomic E-state index is 5.06. The number of nitrogens with zero attached hydrogens (tertiary/aromatic N) is 2. The Morgan fingerprint density at radius 2 is 2.50 bits per heavy atom. The van der Waals surface area contributed by atoms with Crippen LogP contribution in [0.3, 0.4) is 0 Å². The van der Waals surface area contributed by atoms with Gasteiger partial charge in [-0.05, 0) is 18.3 Å². The summed E-state index contributed by atoms with van der Waals surface area (Å²) < 4.78 is 1.81. The van der Waals surface area contributed by atoms with Gasteiger partial charge >= 0.3 is 0 Å². The zero-order valence-corrected chi connectivity index (χ0v) is 7.34. The smallest absolute Gasteiger partial charge is 0.180 e. The zero-order valence-electron chi connectivity index (χ0n) is 6.53. The van der Waals surface area contributed by atoms with Gasteiger partial charge in [-0.1, -0.05) is 0 Å². The molecule has 0 atom stereocenters. The van der Waals surface area contributed by atoms with Gasteiger partial charge in [0.25, 0.3) is 0 Å². The zero-order chi connectivity index (χ0) is 8.81. The summed E-state index contributed by atoms with van der Waals surface area (Å²) in [5, 5.41) is 7.37. The van der Waals surface area contributed by atoms with Gasteiger partial charge in [0.1, 0.15) is 0 Å². The summed E-state index contributed by atoms with van der Waals surface area (Å²) >= 11 is 4.77. The van der Waals surface area contributed by atoms with Crippen LogP contribution in [-0.4, -0.2) is 21.4 Å². The molecular formula is C6H11N5S. The van der Waals surface area contributed by atoms with E-state index in [4.69, 9.17) is 18.1 Å². The van der Waals surface area contributed by atoms with Crippen LogP contribution in [0.25, 0.3) is 0 Å². The predicted octanol–water partition coefficient (Wildman–Crippen LogP) is -0.779. The van der Waals surface area contributed by atoms with Crippen LogP contribution in [-0.2, 0) is 6.54 Å². The summed E-state index contributed by atoms with van der Waals surface area (Å²) in [6, 6.07) is 1.87. The lowest BCUT2D eigenvalue weighted by Gasteiger charge is -2.05. The van der Waals surface area contributed by atoms with Crippen molar-refractivity contribution < 1.29 is 0 Å². The summed E-state index contributed by atoms with van der Waals surface area (Å²) in [4.78, 5) is 0. The number of hydrogen-bond acceptors (Lipinski definition) is 3. The fraction of sp³-hybridized carbons (Fsp3) is 0.333. The van der Waals surface area contributed by atoms with Crippen LogP contribution < -0.4 is 16.6 Å². The number of hydrogen-bond donors (Lipinski definition) is 3. The fourth-order valence-electron chi connectivity index (χ4n) is 0.768. The van der Waals surface area contributed by atoms with Gasteiger partial charge in [0.15, 0.2) is 5.11 Å². The molecule has 4 N–H and O–H groups in total. The lowest BCUT2D eigenvalue weighted by Crippen LogP contribution is -2.40. The van der Waals surface area contributed by atoms with Crippen molar-refractivity contribution in [3.05, 3.63) is 18.5 Å². The third-order valence-electron chi connectivity index (χ3n) is 1.32. The van der Waals surface area contributed by atoms with E-state index >= 15 is 0 Å². The lowest BCUT2D eigenvalue weighted by atomic mass is 10.6. The molecule has 5 nitrogen and oxygen atoms in total. The van der Waals surface area contributed by atoms with Crippen molar-refractivity contribution in [1.82, 2.24) is 20.5 Å². The maximum Gasteiger partial charge on any atom is 0.180 e. The van der Waals surface area contributed by atoms with Crippen molar-refractivity contribution in [1.29, 1.82) is 0 Å². The highest BCUT2D eigenvalue weighted by atomic mass is 32.1. The second kappa shape index (κ2) is 4.68. The van der Waals surface area contributed by atoms with E-state index in [1.807, 2.05) is 16.9 Å². The topological polar surface area (TPSA) is 67.9 Å². The number of thiocarbonyl (C=S) groups is 1. The molecule has 0 aromatic carbocycles. The summed E-state index contributed by atoms with van der Waals surface area (Å²) in [5.74, 6) is 5.06. The van der Waals surface area contributed by atoms with E-state index in [2.05, 4.69) is 15.8 Å². The first-order chi connectivity index (χ1) is 5.83. The lowest BCUT2D eigenvalue weighted by molar-refractivity contribution is 0.601. The minimum absolute atomic E-state index is 0.446. The van der Waals surface area contributed by atoms with E-state index in [-0.39, 0.29) is 0 Å². The molecule has 66 valence electrons. The Morgan fingerprint density at radius 1 is 1.67 bits per heavy atom. The molecule has 0 aliphatic heterocycles. The Hall–Kier alpha value is -1.14. The Bertz CT molecular complexity index is 232. The molecule has 0 amide bonds. The van der Waals surface area contributed by atoms with E-state index in [0.29, 0.717) is 11.7 Å². The minimum atomic E-state index is 0.446. The molecule has 1 aromatic heterocycles. The first kappa shape index (κ1) is 8.95. The normalized spacial score (nSPS) is 9.42. The van der Waals surface area contributed by atoms with E-state index < -0.39 is 0 Å². The van der Waals surface area contributed by atoms with Gasteiger partial charge in [-0.2, -0.15) is 5.10 Å². The van der Waals surface area contributed by atoms with Crippen LogP contribution in [0.1, 0.15) is 0 Å². The summed E-state index contributed by atoms with van der Waals surface area (Å²) in [7, 11) is 0. The average molecular weight is 185 g/mol. The summed E-state index contributed by atoms with van der Waals surface area (Å²) in [5.41, 5.74) is 2.34. The van der Waals surface area contributed by atoms with E-state index in [0.717, 1.165) is 6.54 Å². The van der Waals surface area contributed by atoms with Crippen molar-refractivity contribution in [2.24, 2.45) is 5.84 Å². The highest BCUT2D eigenvalue weighted by Gasteiger charge is 1.91. The van der Waals surface area contributed by atoms with Crippen LogP contribution in [0.15, 0.2) is 18.5 Å². The Kier molecular flexibility index (Phi) is 3.49. The highest BCUT2D eigenvalue weighted by Crippen LogP contribution is 1.81. The Balaban J connectivity index is 2.15. The van der Waals surface area contributed by atoms with Gasteiger partial charge < -0.3 is 10.7 Å². The van der Waals surface area contributed by atoms with Gasteiger partial charge in [0, 0.05) is 18.9 Å². The first-order valence-corrected chi connectivity index (χ1v) is 3.95. The van der Waals surface area contributed by atoms with Gasteiger partial charge in [-0.3, -0.25) is 4.68 Å². The quantitative estimate of drug-likeness (QED) is 0.327. The number of nitrogens with two attached hydrogens (primary N) is 1. The molecule has 12 heavy (non-hydrogen) atoms. The molecule has 0 unspecified atom stereocenters. The molecule has 0 radical (unpaired) electrons. The molecule has 1 rings (SSSR count). The average Bonchev–Trinajstić information content (AvgIpc) is 2.57. The van der Waals surface area contributed by atoms with Crippen LogP contribution in [0.4, 0.5) is 0 Å². The molecule has 0 saturated heterocycles. The molecule has 1 heterocycles. The molecule has 1 aromatic rings. The number of hydrazine groups is 1. The third kappa shape index (κ3) is 2.85. The van der Waals surface area contributed by atoms with Crippen molar-refractivity contribution in [3.63, 3.8) is 0 Å². The highest BCUT2D eigenvalue weighted by molar-refractivity contribution is 7.80. The van der Waals surface area contributed by atoms with Gasteiger partial charge in [-0.15, -0.1) is 0 Å². The second-order valence-corrected chi connectivity index (χ2v) is 2.58. The van der Waals surface area contributed by atoms with Crippen molar-refractivity contribution in [2.75, 3.05) is 6.54 Å². The molecular weight excluding hydrogens is 174 g/mol. The Morgan fingerprint density at radius 3 is 3.08 bits per heavy atom. The third-order valence-corrected chi connectivity index (χ3v) is 1.58. The number of aromatic nitrogens is 2. The van der Waals surface area contributed by atoms with Gasteiger partial charge in [0.05, 0.1) is 6.54 Å². The molecule has 0 saturated carbocycles. The van der Waals surface area contributed by atoms with Crippen LogP contribution in [0.2, 0.25) is 0 Å². The molecule has 0 spiro atoms. The van der Waals surface area contributed by atoms with Crippen molar-refractivity contribution >= 4 is 17.3 Å². The molecule has 0 bridgehead atoms. The fourth-order valence-corrected chi connectivity index (χ4v) is 0.870. The van der Waals surface area contributed by atoms with E-state index in [9.17, 15) is 0 Å². The van der Waals surface area contributed by atoms with Crippen molar-refractivity contribution in [2.45, 2.75) is 6.54 Å². The number of nitrogens with one attached hydrogen (secondary N) is 2. The van der Waals surface area contributed by atoms with Gasteiger partial charge in [-0.25, -0.2) is 5.84 Å². The van der Waals surface area contributed by atoms with Crippen LogP contribution in [0.5, 0.6) is 0 Å². The SMILES string of the molecule is NNC(=S)NCCn1cccn1. The van der Waals surface area contributed by atoms with Crippen LogP contribution in [0, 0.1) is 0 Å². The standard InChI is InChI=1S/C6H11N5S/c7-10-6(12)8-3-5-11-4-1-2-9-11/h1-2,4H,3,5,7H2,(H2,8,10,12). The largest absolute Gasteiger partial charge is 0.360 e. The van der Waals surface area contributed by atoms with Crippen molar-refractivity contribution in [3.8, 4) is 0 Å². The molecule has 6 heteroatoms. The predicted molar refractivity (Wildman–Crippen MR) is 50.2 cm³/mol.